The quantitative estimate of drug-likeness (QED) is 0.581. The van der Waals surface area contributed by atoms with Crippen LogP contribution in [0.4, 0.5) is 0 Å². The number of hydrogen-bond acceptors (Lipinski definition) is 5. The largest absolute Gasteiger partial charge is 0.492 e. The molecule has 0 aliphatic rings. The first-order valence-corrected chi connectivity index (χ1v) is 9.30. The number of aliphatic hydroxyl groups is 1. The Labute approximate surface area is 156 Å². The van der Waals surface area contributed by atoms with Gasteiger partial charge in [0.05, 0.1) is 17.3 Å². The van der Waals surface area contributed by atoms with Crippen LogP contribution in [0.5, 0.6) is 5.75 Å². The Bertz CT molecular complexity index is 761. The summed E-state index contributed by atoms with van der Waals surface area (Å²) in [7, 11) is 0. The van der Waals surface area contributed by atoms with E-state index < -0.39 is 6.10 Å². The molecule has 4 nitrogen and oxygen atoms in total. The highest BCUT2D eigenvalue weighted by molar-refractivity contribution is 7.07. The van der Waals surface area contributed by atoms with E-state index >= 15 is 0 Å². The summed E-state index contributed by atoms with van der Waals surface area (Å²) in [6, 6.07) is 15.1. The predicted octanol–water partition coefficient (Wildman–Crippen LogP) is 4.17. The predicted molar refractivity (Wildman–Crippen MR) is 102 cm³/mol. The van der Waals surface area contributed by atoms with Crippen LogP contribution >= 0.6 is 22.9 Å². The van der Waals surface area contributed by atoms with E-state index in [1.54, 1.807) is 23.5 Å². The second-order valence-corrected chi connectivity index (χ2v) is 6.67. The number of ether oxygens (including phenoxy) is 1. The summed E-state index contributed by atoms with van der Waals surface area (Å²) in [5, 5.41) is 16.0. The molecule has 3 aromatic rings. The molecule has 3 rings (SSSR count). The first-order chi connectivity index (χ1) is 12.2. The summed E-state index contributed by atoms with van der Waals surface area (Å²) in [4.78, 5) is 4.29. The van der Waals surface area contributed by atoms with E-state index in [1.165, 1.54) is 0 Å². The molecular formula is C19H19ClN2O2S. The van der Waals surface area contributed by atoms with Gasteiger partial charge in [0.25, 0.3) is 0 Å². The SMILES string of the molecule is OC(CNCCOc1ccc(-c2cscn2)cc1)c1ccc(Cl)cc1. The number of nitrogens with one attached hydrogen (secondary N) is 1. The van der Waals surface area contributed by atoms with Gasteiger partial charge < -0.3 is 15.2 Å². The van der Waals surface area contributed by atoms with Crippen molar-refractivity contribution >= 4 is 22.9 Å². The molecule has 0 amide bonds. The van der Waals surface area contributed by atoms with Gasteiger partial charge in [-0.15, -0.1) is 11.3 Å². The maximum atomic E-state index is 10.1. The zero-order chi connectivity index (χ0) is 17.5. The van der Waals surface area contributed by atoms with E-state index in [1.807, 2.05) is 47.3 Å². The highest BCUT2D eigenvalue weighted by atomic mass is 35.5. The summed E-state index contributed by atoms with van der Waals surface area (Å²) in [6.07, 6.45) is -0.560. The lowest BCUT2D eigenvalue weighted by molar-refractivity contribution is 0.172. The number of halogens is 1. The van der Waals surface area contributed by atoms with E-state index in [0.29, 0.717) is 24.7 Å². The van der Waals surface area contributed by atoms with Gasteiger partial charge in [-0.05, 0) is 42.0 Å². The third-order valence-corrected chi connectivity index (χ3v) is 4.56. The lowest BCUT2D eigenvalue weighted by Gasteiger charge is -2.13. The molecule has 1 atom stereocenters. The molecule has 1 unspecified atom stereocenters. The molecule has 0 bridgehead atoms. The summed E-state index contributed by atoms with van der Waals surface area (Å²) < 4.78 is 5.70. The number of aromatic nitrogens is 1. The highest BCUT2D eigenvalue weighted by Gasteiger charge is 2.06. The average molecular weight is 375 g/mol. The van der Waals surface area contributed by atoms with Gasteiger partial charge in [-0.3, -0.25) is 0 Å². The van der Waals surface area contributed by atoms with E-state index in [-0.39, 0.29) is 0 Å². The molecule has 25 heavy (non-hydrogen) atoms. The summed E-state index contributed by atoms with van der Waals surface area (Å²) in [5.74, 6) is 0.819. The molecule has 0 saturated carbocycles. The minimum atomic E-state index is -0.560. The van der Waals surface area contributed by atoms with Gasteiger partial charge in [0.1, 0.15) is 12.4 Å². The molecule has 1 heterocycles. The molecule has 2 N–H and O–H groups in total. The van der Waals surface area contributed by atoms with E-state index in [4.69, 9.17) is 16.3 Å². The van der Waals surface area contributed by atoms with Gasteiger partial charge in [0.15, 0.2) is 0 Å². The van der Waals surface area contributed by atoms with E-state index in [9.17, 15) is 5.11 Å². The van der Waals surface area contributed by atoms with Crippen molar-refractivity contribution in [2.24, 2.45) is 0 Å². The molecular weight excluding hydrogens is 356 g/mol. The van der Waals surface area contributed by atoms with Crippen LogP contribution in [-0.2, 0) is 0 Å². The van der Waals surface area contributed by atoms with Gasteiger partial charge in [-0.1, -0.05) is 23.7 Å². The molecule has 0 aliphatic heterocycles. The number of thiazole rings is 1. The second-order valence-electron chi connectivity index (χ2n) is 5.52. The number of rotatable bonds is 8. The van der Waals surface area contributed by atoms with Crippen molar-refractivity contribution in [1.29, 1.82) is 0 Å². The molecule has 0 fully saturated rings. The summed E-state index contributed by atoms with van der Waals surface area (Å²) >= 11 is 7.42. The third kappa shape index (κ3) is 5.28. The smallest absolute Gasteiger partial charge is 0.119 e. The first-order valence-electron chi connectivity index (χ1n) is 7.98. The lowest BCUT2D eigenvalue weighted by atomic mass is 10.1. The Morgan fingerprint density at radius 2 is 1.88 bits per heavy atom. The molecule has 1 aromatic heterocycles. The Hall–Kier alpha value is -1.92. The normalized spacial score (nSPS) is 12.1. The third-order valence-electron chi connectivity index (χ3n) is 3.72. The van der Waals surface area contributed by atoms with Gasteiger partial charge in [-0.25, -0.2) is 4.98 Å². The number of benzene rings is 2. The van der Waals surface area contributed by atoms with Gasteiger partial charge in [-0.2, -0.15) is 0 Å². The minimum absolute atomic E-state index is 0.466. The van der Waals surface area contributed by atoms with Gasteiger partial charge in [0, 0.05) is 29.1 Å². The van der Waals surface area contributed by atoms with Gasteiger partial charge in [0.2, 0.25) is 0 Å². The van der Waals surface area contributed by atoms with Crippen molar-refractivity contribution in [2.45, 2.75) is 6.10 Å². The molecule has 130 valence electrons. The van der Waals surface area contributed by atoms with Crippen molar-refractivity contribution in [3.63, 3.8) is 0 Å². The number of aliphatic hydroxyl groups excluding tert-OH is 1. The van der Waals surface area contributed by atoms with Crippen LogP contribution in [0.1, 0.15) is 11.7 Å². The summed E-state index contributed by atoms with van der Waals surface area (Å²) in [6.45, 7) is 1.65. The van der Waals surface area contributed by atoms with Crippen molar-refractivity contribution in [3.05, 3.63) is 70.0 Å². The number of hydrogen-bond donors (Lipinski definition) is 2. The lowest BCUT2D eigenvalue weighted by Crippen LogP contribution is -2.26. The standard InChI is InChI=1S/C19H19ClN2O2S/c20-16-5-1-15(2-6-16)19(23)11-21-9-10-24-17-7-3-14(4-8-17)18-12-25-13-22-18/h1-8,12-13,19,21,23H,9-11H2. The Balaban J connectivity index is 1.37. The van der Waals surface area contributed by atoms with E-state index in [0.717, 1.165) is 22.6 Å². The molecule has 0 aliphatic carbocycles. The monoisotopic (exact) mass is 374 g/mol. The van der Waals surface area contributed by atoms with E-state index in [2.05, 4.69) is 10.3 Å². The molecule has 0 saturated heterocycles. The van der Waals surface area contributed by atoms with Crippen LogP contribution in [0.25, 0.3) is 11.3 Å². The zero-order valence-corrected chi connectivity index (χ0v) is 15.1. The Morgan fingerprint density at radius 3 is 2.56 bits per heavy atom. The molecule has 6 heteroatoms. The van der Waals surface area contributed by atoms with Crippen molar-refractivity contribution in [1.82, 2.24) is 10.3 Å². The van der Waals surface area contributed by atoms with Crippen molar-refractivity contribution < 1.29 is 9.84 Å². The molecule has 2 aromatic carbocycles. The van der Waals surface area contributed by atoms with Gasteiger partial charge >= 0.3 is 0 Å². The fourth-order valence-electron chi connectivity index (χ4n) is 2.36. The van der Waals surface area contributed by atoms with Crippen LogP contribution in [0.15, 0.2) is 59.4 Å². The van der Waals surface area contributed by atoms with Crippen LogP contribution in [0.3, 0.4) is 0 Å². The van der Waals surface area contributed by atoms with Crippen LogP contribution < -0.4 is 10.1 Å². The topological polar surface area (TPSA) is 54.4 Å². The van der Waals surface area contributed by atoms with Crippen LogP contribution in [0, 0.1) is 0 Å². The van der Waals surface area contributed by atoms with Crippen LogP contribution in [-0.4, -0.2) is 29.8 Å². The minimum Gasteiger partial charge on any atom is -0.492 e. The highest BCUT2D eigenvalue weighted by Crippen LogP contribution is 2.22. The fraction of sp³-hybridized carbons (Fsp3) is 0.211. The fourth-order valence-corrected chi connectivity index (χ4v) is 3.05. The first kappa shape index (κ1) is 17.9. The zero-order valence-electron chi connectivity index (χ0n) is 13.6. The maximum absolute atomic E-state index is 10.1. The Kier molecular flexibility index (Phi) is 6.42. The second kappa shape index (κ2) is 8.97. The average Bonchev–Trinajstić information content (AvgIpc) is 3.17. The Morgan fingerprint density at radius 1 is 1.12 bits per heavy atom. The van der Waals surface area contributed by atoms with Crippen molar-refractivity contribution in [2.75, 3.05) is 19.7 Å². The molecule has 0 radical (unpaired) electrons. The molecule has 0 spiro atoms. The summed E-state index contributed by atoms with van der Waals surface area (Å²) in [5.41, 5.74) is 4.73. The number of nitrogens with zero attached hydrogens (tertiary/aromatic N) is 1. The maximum Gasteiger partial charge on any atom is 0.119 e. The van der Waals surface area contributed by atoms with Crippen molar-refractivity contribution in [3.8, 4) is 17.0 Å². The van der Waals surface area contributed by atoms with Crippen LogP contribution in [0.2, 0.25) is 5.02 Å².